The normalized spacial score (nSPS) is 23.9. The molecule has 2 bridgehead atoms. The summed E-state index contributed by atoms with van der Waals surface area (Å²) in [4.78, 5) is 24.5. The first-order valence-electron chi connectivity index (χ1n) is 9.78. The van der Waals surface area contributed by atoms with Gasteiger partial charge in [0, 0.05) is 21.6 Å². The number of carbonyl (C=O) groups excluding carboxylic acids is 2. The Hall–Kier alpha value is -2.44. The van der Waals surface area contributed by atoms with E-state index in [0.29, 0.717) is 27.5 Å². The summed E-state index contributed by atoms with van der Waals surface area (Å²) < 4.78 is 11.0. The van der Waals surface area contributed by atoms with E-state index in [9.17, 15) is 9.59 Å². The molecule has 0 aromatic heterocycles. The molecular formula is C22H22Cl2N2O4. The molecule has 2 amide bonds. The molecule has 2 N–H and O–H groups in total. The third-order valence-electron chi connectivity index (χ3n) is 5.60. The van der Waals surface area contributed by atoms with Crippen LogP contribution < -0.4 is 20.1 Å². The van der Waals surface area contributed by atoms with Crippen LogP contribution in [0.2, 0.25) is 10.0 Å². The van der Waals surface area contributed by atoms with Crippen LogP contribution in [0, 0.1) is 5.92 Å². The van der Waals surface area contributed by atoms with Crippen molar-refractivity contribution >= 4 is 35.0 Å². The predicted molar refractivity (Wildman–Crippen MR) is 114 cm³/mol. The minimum absolute atomic E-state index is 0.0452. The lowest BCUT2D eigenvalue weighted by Gasteiger charge is -2.39. The largest absolute Gasteiger partial charge is 0.484 e. The van der Waals surface area contributed by atoms with Gasteiger partial charge in [-0.1, -0.05) is 23.2 Å². The number of fused-ring (bicyclic) bond motifs is 1. The van der Waals surface area contributed by atoms with Crippen molar-refractivity contribution in [3.63, 3.8) is 0 Å². The second-order valence-corrected chi connectivity index (χ2v) is 8.73. The fourth-order valence-electron chi connectivity index (χ4n) is 4.24. The fraction of sp³-hybridized carbons (Fsp3) is 0.364. The number of hydrogen-bond acceptors (Lipinski definition) is 4. The Morgan fingerprint density at radius 2 is 1.33 bits per heavy atom. The quantitative estimate of drug-likeness (QED) is 0.646. The SMILES string of the molecule is O=C(COc1ccc(Cl)cc1)NC1CC2(NC(=O)COc3ccc(Cl)cc3)CC1C2. The minimum Gasteiger partial charge on any atom is -0.484 e. The summed E-state index contributed by atoms with van der Waals surface area (Å²) in [7, 11) is 0. The summed E-state index contributed by atoms with van der Waals surface area (Å²) in [6, 6.07) is 13.8. The summed E-state index contributed by atoms with van der Waals surface area (Å²) in [5.41, 5.74) is -0.250. The molecule has 0 radical (unpaired) electrons. The van der Waals surface area contributed by atoms with Crippen molar-refractivity contribution < 1.29 is 19.1 Å². The monoisotopic (exact) mass is 448 g/mol. The van der Waals surface area contributed by atoms with Crippen LogP contribution in [0.4, 0.5) is 0 Å². The topological polar surface area (TPSA) is 76.7 Å². The molecule has 2 aromatic rings. The molecule has 5 rings (SSSR count). The molecule has 0 saturated heterocycles. The molecular weight excluding hydrogens is 427 g/mol. The van der Waals surface area contributed by atoms with E-state index >= 15 is 0 Å². The molecule has 1 atom stereocenters. The van der Waals surface area contributed by atoms with Crippen molar-refractivity contribution in [1.29, 1.82) is 0 Å². The Balaban J connectivity index is 1.19. The van der Waals surface area contributed by atoms with Gasteiger partial charge in [0.2, 0.25) is 0 Å². The van der Waals surface area contributed by atoms with E-state index in [0.717, 1.165) is 19.3 Å². The second kappa shape index (κ2) is 8.74. The maximum absolute atomic E-state index is 12.3. The second-order valence-electron chi connectivity index (χ2n) is 7.86. The molecule has 6 nitrogen and oxygen atoms in total. The number of nitrogens with one attached hydrogen (secondary N) is 2. The molecule has 0 spiro atoms. The first kappa shape index (κ1) is 20.8. The summed E-state index contributed by atoms with van der Waals surface area (Å²) >= 11 is 11.7. The minimum atomic E-state index is -0.250. The average molecular weight is 449 g/mol. The van der Waals surface area contributed by atoms with Crippen LogP contribution in [0.3, 0.4) is 0 Å². The van der Waals surface area contributed by atoms with Crippen molar-refractivity contribution in [2.24, 2.45) is 5.92 Å². The molecule has 2 aromatic carbocycles. The highest BCUT2D eigenvalue weighted by molar-refractivity contribution is 6.30. The average Bonchev–Trinajstić information content (AvgIpc) is 3.20. The molecule has 1 unspecified atom stereocenters. The van der Waals surface area contributed by atoms with Crippen LogP contribution in [-0.4, -0.2) is 36.6 Å². The number of rotatable bonds is 8. The van der Waals surface area contributed by atoms with Gasteiger partial charge in [0.1, 0.15) is 11.5 Å². The number of ether oxygens (including phenoxy) is 2. The van der Waals surface area contributed by atoms with Gasteiger partial charge in [0.05, 0.1) is 0 Å². The number of benzene rings is 2. The third-order valence-corrected chi connectivity index (χ3v) is 6.11. The van der Waals surface area contributed by atoms with E-state index in [4.69, 9.17) is 32.7 Å². The molecule has 30 heavy (non-hydrogen) atoms. The van der Waals surface area contributed by atoms with Crippen LogP contribution in [-0.2, 0) is 9.59 Å². The zero-order valence-electron chi connectivity index (χ0n) is 16.2. The lowest BCUT2D eigenvalue weighted by molar-refractivity contribution is -0.126. The van der Waals surface area contributed by atoms with Gasteiger partial charge in [0.15, 0.2) is 13.2 Å². The smallest absolute Gasteiger partial charge is 0.258 e. The first-order chi connectivity index (χ1) is 14.4. The van der Waals surface area contributed by atoms with Gasteiger partial charge in [-0.25, -0.2) is 0 Å². The summed E-state index contributed by atoms with van der Waals surface area (Å²) in [6.07, 6.45) is 2.45. The van der Waals surface area contributed by atoms with Gasteiger partial charge in [-0.15, -0.1) is 0 Å². The Labute approximate surface area is 184 Å². The molecule has 3 aliphatic carbocycles. The molecule has 3 fully saturated rings. The fourth-order valence-corrected chi connectivity index (χ4v) is 4.50. The standard InChI is InChI=1S/C22H22Cl2N2O4/c23-15-1-5-17(6-2-15)29-12-20(27)25-19-11-22(9-14(19)10-22)26-21(28)13-30-18-7-3-16(24)4-8-18/h1-8,14,19H,9-13H2,(H,25,27)(H,26,28). The first-order valence-corrected chi connectivity index (χ1v) is 10.5. The molecule has 158 valence electrons. The highest BCUT2D eigenvalue weighted by Gasteiger charge is 2.57. The van der Waals surface area contributed by atoms with E-state index in [2.05, 4.69) is 10.6 Å². The Morgan fingerprint density at radius 3 is 1.87 bits per heavy atom. The van der Waals surface area contributed by atoms with Crippen molar-refractivity contribution in [2.45, 2.75) is 30.8 Å². The molecule has 3 aliphatic rings. The molecule has 3 saturated carbocycles. The molecule has 0 aliphatic heterocycles. The van der Waals surface area contributed by atoms with Gasteiger partial charge < -0.3 is 20.1 Å². The third kappa shape index (κ3) is 4.99. The van der Waals surface area contributed by atoms with Crippen LogP contribution in [0.25, 0.3) is 0 Å². The number of hydrogen-bond donors (Lipinski definition) is 2. The Kier molecular flexibility index (Phi) is 6.06. The maximum atomic E-state index is 12.3. The van der Waals surface area contributed by atoms with E-state index < -0.39 is 0 Å². The van der Waals surface area contributed by atoms with Crippen molar-refractivity contribution in [1.82, 2.24) is 10.6 Å². The van der Waals surface area contributed by atoms with Gasteiger partial charge in [-0.3, -0.25) is 9.59 Å². The van der Waals surface area contributed by atoms with E-state index in [1.807, 2.05) is 0 Å². The van der Waals surface area contributed by atoms with Gasteiger partial charge >= 0.3 is 0 Å². The van der Waals surface area contributed by atoms with E-state index in [-0.39, 0.29) is 36.6 Å². The van der Waals surface area contributed by atoms with Gasteiger partial charge in [-0.05, 0) is 73.7 Å². The van der Waals surface area contributed by atoms with E-state index in [1.165, 1.54) is 0 Å². The zero-order valence-corrected chi connectivity index (χ0v) is 17.7. The molecule has 0 heterocycles. The van der Waals surface area contributed by atoms with Crippen molar-refractivity contribution in [2.75, 3.05) is 13.2 Å². The predicted octanol–water partition coefficient (Wildman–Crippen LogP) is 3.60. The van der Waals surface area contributed by atoms with Crippen LogP contribution in [0.15, 0.2) is 48.5 Å². The van der Waals surface area contributed by atoms with Gasteiger partial charge in [0.25, 0.3) is 11.8 Å². The number of carbonyl (C=O) groups is 2. The van der Waals surface area contributed by atoms with Crippen LogP contribution in [0.1, 0.15) is 19.3 Å². The molecule has 8 heteroatoms. The zero-order chi connectivity index (χ0) is 21.1. The summed E-state index contributed by atoms with van der Waals surface area (Å²) in [5, 5.41) is 7.34. The lowest BCUT2D eigenvalue weighted by atomic mass is 9.76. The van der Waals surface area contributed by atoms with E-state index in [1.54, 1.807) is 48.5 Å². The summed E-state index contributed by atoms with van der Waals surface area (Å²) in [5.74, 6) is 1.23. The highest BCUT2D eigenvalue weighted by atomic mass is 35.5. The van der Waals surface area contributed by atoms with Crippen LogP contribution >= 0.6 is 23.2 Å². The van der Waals surface area contributed by atoms with Gasteiger partial charge in [-0.2, -0.15) is 0 Å². The van der Waals surface area contributed by atoms with Crippen LogP contribution in [0.5, 0.6) is 11.5 Å². The number of halogens is 2. The highest BCUT2D eigenvalue weighted by Crippen LogP contribution is 2.51. The lowest BCUT2D eigenvalue weighted by Crippen LogP contribution is -2.53. The maximum Gasteiger partial charge on any atom is 0.258 e. The Bertz CT molecular complexity index is 912. The number of amides is 2. The summed E-state index contributed by atoms with van der Waals surface area (Å²) in [6.45, 7) is -0.112. The Morgan fingerprint density at radius 1 is 0.833 bits per heavy atom. The van der Waals surface area contributed by atoms with Crippen molar-refractivity contribution in [3.8, 4) is 11.5 Å². The van der Waals surface area contributed by atoms with Crippen molar-refractivity contribution in [3.05, 3.63) is 58.6 Å².